The van der Waals surface area contributed by atoms with E-state index in [0.717, 1.165) is 12.2 Å². The molecule has 2 aromatic carbocycles. The van der Waals surface area contributed by atoms with Gasteiger partial charge in [-0.05, 0) is 53.1 Å². The average molecular weight is 405 g/mol. The van der Waals surface area contributed by atoms with Crippen LogP contribution in [0.3, 0.4) is 0 Å². The summed E-state index contributed by atoms with van der Waals surface area (Å²) in [6, 6.07) is 16.6. The summed E-state index contributed by atoms with van der Waals surface area (Å²) >= 11 is 2.21. The largest absolute Gasteiger partial charge is 0.305 e. The van der Waals surface area contributed by atoms with Crippen molar-refractivity contribution in [3.05, 3.63) is 69.3 Å². The van der Waals surface area contributed by atoms with Crippen LogP contribution in [0, 0.1) is 0 Å². The molecule has 22 heavy (non-hydrogen) atoms. The topological polar surface area (TPSA) is 28.0 Å². The van der Waals surface area contributed by atoms with Gasteiger partial charge in [-0.15, -0.1) is 0 Å². The fourth-order valence-electron chi connectivity index (χ4n) is 2.04. The molecule has 0 bridgehead atoms. The minimum Gasteiger partial charge on any atom is -0.305 e. The first-order valence-corrected chi connectivity index (χ1v) is 8.39. The third-order valence-electron chi connectivity index (χ3n) is 3.11. The van der Waals surface area contributed by atoms with E-state index in [1.165, 1.54) is 16.7 Å². The molecule has 0 aromatic heterocycles. The molecule has 0 saturated carbocycles. The fraction of sp³-hybridized carbons (Fsp3) is 0.222. The zero-order valence-electron chi connectivity index (χ0n) is 12.9. The lowest BCUT2D eigenvalue weighted by Crippen LogP contribution is -2.10. The van der Waals surface area contributed by atoms with Crippen molar-refractivity contribution in [3.8, 4) is 0 Å². The Morgan fingerprint density at radius 1 is 0.955 bits per heavy atom. The van der Waals surface area contributed by atoms with Gasteiger partial charge in [-0.2, -0.15) is 10.2 Å². The van der Waals surface area contributed by atoms with Crippen molar-refractivity contribution in [3.63, 3.8) is 0 Å². The van der Waals surface area contributed by atoms with Gasteiger partial charge in [-0.1, -0.05) is 59.0 Å². The van der Waals surface area contributed by atoms with Crippen molar-refractivity contribution in [2.75, 3.05) is 14.1 Å². The van der Waals surface area contributed by atoms with Crippen molar-refractivity contribution >= 4 is 34.4 Å². The van der Waals surface area contributed by atoms with Crippen molar-refractivity contribution in [1.82, 2.24) is 4.90 Å². The normalized spacial score (nSPS) is 11.8. The van der Waals surface area contributed by atoms with Crippen molar-refractivity contribution in [2.45, 2.75) is 13.1 Å². The van der Waals surface area contributed by atoms with Crippen LogP contribution in [0.1, 0.15) is 16.7 Å². The number of hydrogen-bond acceptors (Lipinski definition) is 3. The lowest BCUT2D eigenvalue weighted by atomic mass is 10.1. The zero-order valence-corrected chi connectivity index (χ0v) is 15.1. The summed E-state index contributed by atoms with van der Waals surface area (Å²) in [7, 11) is 4.15. The van der Waals surface area contributed by atoms with Crippen molar-refractivity contribution < 1.29 is 0 Å². The second-order valence-electron chi connectivity index (χ2n) is 5.34. The molecule has 0 radical (unpaired) electrons. The van der Waals surface area contributed by atoms with Crippen molar-refractivity contribution in [1.29, 1.82) is 0 Å². The summed E-state index contributed by atoms with van der Waals surface area (Å²) in [6.45, 7) is 1.57. The summed E-state index contributed by atoms with van der Waals surface area (Å²) in [4.78, 5) is 2.16. The number of benzene rings is 2. The van der Waals surface area contributed by atoms with Gasteiger partial charge in [0.2, 0.25) is 0 Å². The summed E-state index contributed by atoms with van der Waals surface area (Å²) in [6.07, 6.45) is 2.05. The maximum absolute atomic E-state index is 4.27. The first-order chi connectivity index (χ1) is 10.7. The molecule has 0 heterocycles. The van der Waals surface area contributed by atoms with Gasteiger partial charge >= 0.3 is 0 Å². The highest BCUT2D eigenvalue weighted by molar-refractivity contribution is 14.1. The Morgan fingerprint density at radius 2 is 1.59 bits per heavy atom. The molecule has 2 aromatic rings. The van der Waals surface area contributed by atoms with Gasteiger partial charge in [0.05, 0.1) is 12.2 Å². The Kier molecular flexibility index (Phi) is 6.74. The SMILES string of the molecule is CN(C)Cc1ccc(CN=Nc2ccc(C=CI)cc2)cc1. The average Bonchev–Trinajstić information content (AvgIpc) is 2.50. The maximum atomic E-state index is 4.27. The van der Waals surface area contributed by atoms with Crippen LogP contribution < -0.4 is 0 Å². The Hall–Kier alpha value is -1.53. The Balaban J connectivity index is 1.91. The van der Waals surface area contributed by atoms with Crippen LogP contribution in [0.2, 0.25) is 0 Å². The Morgan fingerprint density at radius 3 is 2.18 bits per heavy atom. The Labute approximate surface area is 145 Å². The molecule has 0 unspecified atom stereocenters. The molecule has 0 fully saturated rings. The molecule has 0 aliphatic rings. The summed E-state index contributed by atoms with van der Waals surface area (Å²) < 4.78 is 1.99. The first kappa shape index (κ1) is 16.8. The van der Waals surface area contributed by atoms with Crippen LogP contribution in [-0.4, -0.2) is 19.0 Å². The molecule has 114 valence electrons. The minimum atomic E-state index is 0.609. The number of rotatable bonds is 6. The van der Waals surface area contributed by atoms with Crippen LogP contribution in [-0.2, 0) is 13.1 Å². The van der Waals surface area contributed by atoms with Gasteiger partial charge in [0.1, 0.15) is 0 Å². The van der Waals surface area contributed by atoms with Crippen LogP contribution in [0.5, 0.6) is 0 Å². The molecule has 4 heteroatoms. The molecular formula is C18H20IN3. The molecule has 0 aliphatic carbocycles. The van der Waals surface area contributed by atoms with Gasteiger partial charge in [0.25, 0.3) is 0 Å². The van der Waals surface area contributed by atoms with Crippen LogP contribution in [0.4, 0.5) is 5.69 Å². The van der Waals surface area contributed by atoms with Crippen molar-refractivity contribution in [2.24, 2.45) is 10.2 Å². The van der Waals surface area contributed by atoms with Gasteiger partial charge in [0, 0.05) is 6.54 Å². The monoisotopic (exact) mass is 405 g/mol. The molecule has 0 saturated heterocycles. The van der Waals surface area contributed by atoms with Gasteiger partial charge in [-0.25, -0.2) is 0 Å². The van der Waals surface area contributed by atoms with E-state index in [1.807, 2.05) is 28.3 Å². The van der Waals surface area contributed by atoms with E-state index >= 15 is 0 Å². The smallest absolute Gasteiger partial charge is 0.0853 e. The molecule has 3 nitrogen and oxygen atoms in total. The standard InChI is InChI=1S/C18H20IN3/c1-22(2)14-17-5-3-16(4-6-17)13-20-21-18-9-7-15(8-10-18)11-12-19/h3-12H,13-14H2,1-2H3. The molecular weight excluding hydrogens is 385 g/mol. The molecule has 0 aliphatic heterocycles. The predicted molar refractivity (Wildman–Crippen MR) is 102 cm³/mol. The highest BCUT2D eigenvalue weighted by Crippen LogP contribution is 2.16. The van der Waals surface area contributed by atoms with E-state index in [9.17, 15) is 0 Å². The maximum Gasteiger partial charge on any atom is 0.0853 e. The molecule has 0 amide bonds. The van der Waals surface area contributed by atoms with E-state index in [-0.39, 0.29) is 0 Å². The molecule has 2 rings (SSSR count). The lowest BCUT2D eigenvalue weighted by Gasteiger charge is -2.09. The number of nitrogens with zero attached hydrogens (tertiary/aromatic N) is 3. The molecule has 0 atom stereocenters. The predicted octanol–water partition coefficient (Wildman–Crippen LogP) is 5.44. The first-order valence-electron chi connectivity index (χ1n) is 7.14. The quantitative estimate of drug-likeness (QED) is 0.465. The summed E-state index contributed by atoms with van der Waals surface area (Å²) in [5.41, 5.74) is 4.54. The zero-order chi connectivity index (χ0) is 15.8. The highest BCUT2D eigenvalue weighted by atomic mass is 127. The van der Waals surface area contributed by atoms with E-state index in [0.29, 0.717) is 6.54 Å². The van der Waals surface area contributed by atoms with E-state index in [4.69, 9.17) is 0 Å². The van der Waals surface area contributed by atoms with E-state index < -0.39 is 0 Å². The minimum absolute atomic E-state index is 0.609. The number of hydrogen-bond donors (Lipinski definition) is 0. The van der Waals surface area contributed by atoms with Gasteiger partial charge in [-0.3, -0.25) is 0 Å². The lowest BCUT2D eigenvalue weighted by molar-refractivity contribution is 0.402. The van der Waals surface area contributed by atoms with Crippen LogP contribution >= 0.6 is 22.6 Å². The molecule has 0 spiro atoms. The molecule has 0 N–H and O–H groups in total. The summed E-state index contributed by atoms with van der Waals surface area (Å²) in [5.74, 6) is 0. The van der Waals surface area contributed by atoms with E-state index in [2.05, 4.69) is 82.2 Å². The van der Waals surface area contributed by atoms with Gasteiger partial charge in [0.15, 0.2) is 0 Å². The second-order valence-corrected chi connectivity index (χ2v) is 6.06. The van der Waals surface area contributed by atoms with Crippen LogP contribution in [0.15, 0.2) is 62.8 Å². The van der Waals surface area contributed by atoms with E-state index in [1.54, 1.807) is 0 Å². The Bertz CT molecular complexity index is 628. The third-order valence-corrected chi connectivity index (χ3v) is 3.47. The number of azo groups is 1. The van der Waals surface area contributed by atoms with Gasteiger partial charge < -0.3 is 4.90 Å². The second kappa shape index (κ2) is 8.80. The summed E-state index contributed by atoms with van der Waals surface area (Å²) in [5, 5.41) is 8.54. The van der Waals surface area contributed by atoms with Crippen LogP contribution in [0.25, 0.3) is 6.08 Å². The highest BCUT2D eigenvalue weighted by Gasteiger charge is 1.96. The fourth-order valence-corrected chi connectivity index (χ4v) is 2.45. The number of halogens is 1. The third kappa shape index (κ3) is 5.69.